The van der Waals surface area contributed by atoms with Gasteiger partial charge in [-0.3, -0.25) is 19.4 Å². The second kappa shape index (κ2) is 12.3. The number of pyridine rings is 1. The smallest absolute Gasteiger partial charge is 0.251 e. The number of amides is 2. The molecular weight excluding hydrogens is 580 g/mol. The van der Waals surface area contributed by atoms with Crippen LogP contribution in [0.15, 0.2) is 48.5 Å². The van der Waals surface area contributed by atoms with Gasteiger partial charge >= 0.3 is 0 Å². The lowest BCUT2D eigenvalue weighted by atomic mass is 9.92. The van der Waals surface area contributed by atoms with E-state index < -0.39 is 35.4 Å². The first kappa shape index (κ1) is 30.5. The van der Waals surface area contributed by atoms with E-state index in [-0.39, 0.29) is 41.3 Å². The molecule has 0 saturated carbocycles. The van der Waals surface area contributed by atoms with Crippen LogP contribution in [0.1, 0.15) is 35.7 Å². The molecule has 9 nitrogen and oxygen atoms in total. The van der Waals surface area contributed by atoms with E-state index >= 15 is 8.78 Å². The van der Waals surface area contributed by atoms with Crippen LogP contribution in [0, 0.1) is 11.6 Å². The van der Waals surface area contributed by atoms with Crippen molar-refractivity contribution in [3.8, 4) is 11.5 Å². The Kier molecular flexibility index (Phi) is 8.75. The first-order valence-corrected chi connectivity index (χ1v) is 14.3. The molecule has 3 heterocycles. The molecule has 5 rings (SSSR count). The fraction of sp³-hybridized carbons (Fsp3) is 0.387. The number of likely N-dealkylation sites (N-methyl/N-ethyl adjacent to an activating group) is 1. The first-order chi connectivity index (χ1) is 20.5. The van der Waals surface area contributed by atoms with Gasteiger partial charge in [-0.2, -0.15) is 0 Å². The summed E-state index contributed by atoms with van der Waals surface area (Å²) in [6.45, 7) is 5.53. The Morgan fingerprint density at radius 2 is 1.49 bits per heavy atom. The molecule has 2 aromatic carbocycles. The summed E-state index contributed by atoms with van der Waals surface area (Å²) in [4.78, 5) is 37.8. The number of hydrogen-bond acceptors (Lipinski definition) is 7. The van der Waals surface area contributed by atoms with Crippen molar-refractivity contribution in [1.82, 2.24) is 15.2 Å². The van der Waals surface area contributed by atoms with E-state index in [4.69, 9.17) is 26.1 Å². The summed E-state index contributed by atoms with van der Waals surface area (Å²) in [7, 11) is 4.90. The molecular formula is C31H34ClF2N5O4. The minimum Gasteiger partial charge on any atom is -0.497 e. The van der Waals surface area contributed by atoms with Gasteiger partial charge in [0.2, 0.25) is 0 Å². The Labute approximate surface area is 254 Å². The number of carbonyl (C=O) groups is 2. The van der Waals surface area contributed by atoms with E-state index in [0.717, 1.165) is 12.1 Å². The van der Waals surface area contributed by atoms with Gasteiger partial charge in [-0.15, -0.1) is 0 Å². The van der Waals surface area contributed by atoms with Crippen LogP contribution in [0.5, 0.6) is 11.5 Å². The molecule has 228 valence electrons. The molecule has 12 heteroatoms. The minimum atomic E-state index is -1.29. The van der Waals surface area contributed by atoms with Gasteiger partial charge in [0, 0.05) is 78.1 Å². The Morgan fingerprint density at radius 1 is 0.930 bits per heavy atom. The molecule has 43 heavy (non-hydrogen) atoms. The van der Waals surface area contributed by atoms with Crippen molar-refractivity contribution in [3.63, 3.8) is 0 Å². The Balaban J connectivity index is 1.54. The monoisotopic (exact) mass is 613 g/mol. The summed E-state index contributed by atoms with van der Waals surface area (Å²) in [5.41, 5.74) is -0.0898. The van der Waals surface area contributed by atoms with Crippen LogP contribution < -0.4 is 24.6 Å². The van der Waals surface area contributed by atoms with Crippen molar-refractivity contribution in [2.24, 2.45) is 0 Å². The Hall–Kier alpha value is -3.96. The highest BCUT2D eigenvalue weighted by molar-refractivity contribution is 6.30. The lowest BCUT2D eigenvalue weighted by molar-refractivity contribution is -0.118. The maximum Gasteiger partial charge on any atom is 0.251 e. The van der Waals surface area contributed by atoms with E-state index in [1.54, 1.807) is 24.3 Å². The number of nitrogens with zero attached hydrogens (tertiary/aromatic N) is 4. The van der Waals surface area contributed by atoms with Crippen molar-refractivity contribution < 1.29 is 27.8 Å². The van der Waals surface area contributed by atoms with Gasteiger partial charge in [0.15, 0.2) is 0 Å². The molecule has 0 unspecified atom stereocenters. The second-order valence-corrected chi connectivity index (χ2v) is 11.4. The highest BCUT2D eigenvalue weighted by Gasteiger charge is 2.46. The minimum absolute atomic E-state index is 0.00332. The van der Waals surface area contributed by atoms with Gasteiger partial charge in [0.05, 0.1) is 14.2 Å². The van der Waals surface area contributed by atoms with Gasteiger partial charge in [-0.05, 0) is 45.2 Å². The highest BCUT2D eigenvalue weighted by Crippen LogP contribution is 2.38. The number of anilines is 2. The molecule has 2 saturated heterocycles. The summed E-state index contributed by atoms with van der Waals surface area (Å²) < 4.78 is 41.4. The van der Waals surface area contributed by atoms with E-state index in [2.05, 4.69) is 36.0 Å². The Bertz CT molecular complexity index is 1490. The molecule has 0 radical (unpaired) electrons. The van der Waals surface area contributed by atoms with Crippen LogP contribution in [0.4, 0.5) is 20.4 Å². The van der Waals surface area contributed by atoms with Crippen LogP contribution in [0.3, 0.4) is 0 Å². The lowest BCUT2D eigenvalue weighted by Crippen LogP contribution is -2.55. The topological polar surface area (TPSA) is 87.2 Å². The number of methoxy groups -OCH3 is 2. The molecule has 0 bridgehead atoms. The SMILES string of the molecule is COc1cc(N2C[C@@H](C)N(C)[C@@H](C)C2)nc(N2C[C@@H](c3c(F)cc(OC)cc3F)[C@H](NC(=O)c3ccc(Cl)cc3)C2=O)c1. The zero-order valence-corrected chi connectivity index (χ0v) is 25.4. The second-order valence-electron chi connectivity index (χ2n) is 11.0. The van der Waals surface area contributed by atoms with Gasteiger partial charge in [0.1, 0.15) is 40.8 Å². The lowest BCUT2D eigenvalue weighted by Gasteiger charge is -2.43. The summed E-state index contributed by atoms with van der Waals surface area (Å²) >= 11 is 5.97. The molecule has 1 N–H and O–H groups in total. The fourth-order valence-corrected chi connectivity index (χ4v) is 5.83. The number of hydrogen-bond donors (Lipinski definition) is 1. The third-order valence-corrected chi connectivity index (χ3v) is 8.59. The normalized spacial score (nSPS) is 22.6. The summed E-state index contributed by atoms with van der Waals surface area (Å²) in [5, 5.41) is 3.14. The molecule has 2 amide bonds. The molecule has 3 aromatic rings. The molecule has 2 aliphatic heterocycles. The van der Waals surface area contributed by atoms with E-state index in [0.29, 0.717) is 29.7 Å². The number of piperazine rings is 1. The number of halogens is 3. The van der Waals surface area contributed by atoms with E-state index in [1.807, 2.05) is 0 Å². The van der Waals surface area contributed by atoms with Crippen LogP contribution in [-0.4, -0.2) is 80.7 Å². The van der Waals surface area contributed by atoms with Gasteiger partial charge in [-0.1, -0.05) is 11.6 Å². The quantitative estimate of drug-likeness (QED) is 0.420. The summed E-state index contributed by atoms with van der Waals surface area (Å²) in [6, 6.07) is 10.8. The average molecular weight is 614 g/mol. The van der Waals surface area contributed by atoms with Crippen LogP contribution in [-0.2, 0) is 4.79 Å². The molecule has 0 aliphatic carbocycles. The number of rotatable bonds is 7. The van der Waals surface area contributed by atoms with Crippen molar-refractivity contribution in [2.75, 3.05) is 50.7 Å². The first-order valence-electron chi connectivity index (χ1n) is 13.9. The predicted octanol–water partition coefficient (Wildman–Crippen LogP) is 4.49. The van der Waals surface area contributed by atoms with Gasteiger partial charge in [0.25, 0.3) is 11.8 Å². The Morgan fingerprint density at radius 3 is 2.07 bits per heavy atom. The number of nitrogens with one attached hydrogen (secondary N) is 1. The maximum absolute atomic E-state index is 15.4. The number of aromatic nitrogens is 1. The molecule has 0 spiro atoms. The largest absolute Gasteiger partial charge is 0.497 e. The highest BCUT2D eigenvalue weighted by atomic mass is 35.5. The average Bonchev–Trinajstić information content (AvgIpc) is 3.30. The van der Waals surface area contributed by atoms with Crippen LogP contribution in [0.25, 0.3) is 0 Å². The standard InChI is InChI=1S/C31H34ClF2N5O4/c1-17-14-38(15-18(2)37(17)3)26-12-22(43-5)13-27(35-26)39-16-23(28-24(33)10-21(42-4)11-25(28)34)29(31(39)41)36-30(40)19-6-8-20(32)9-7-19/h6-13,17-18,23,29H,14-16H2,1-5H3,(H,36,40)/t17-,18+,23-,29-/m0/s1. The summed E-state index contributed by atoms with van der Waals surface area (Å²) in [6.07, 6.45) is 0. The van der Waals surface area contributed by atoms with Crippen LogP contribution in [0.2, 0.25) is 5.02 Å². The third kappa shape index (κ3) is 6.09. The van der Waals surface area contributed by atoms with Crippen molar-refractivity contribution in [2.45, 2.75) is 37.9 Å². The van der Waals surface area contributed by atoms with Gasteiger partial charge in [-0.25, -0.2) is 13.8 Å². The third-order valence-electron chi connectivity index (χ3n) is 8.33. The predicted molar refractivity (Wildman–Crippen MR) is 160 cm³/mol. The van der Waals surface area contributed by atoms with E-state index in [1.165, 1.54) is 31.3 Å². The van der Waals surface area contributed by atoms with Crippen molar-refractivity contribution in [1.29, 1.82) is 0 Å². The number of ether oxygens (including phenoxy) is 2. The maximum atomic E-state index is 15.4. The zero-order chi connectivity index (χ0) is 31.0. The molecule has 2 fully saturated rings. The summed E-state index contributed by atoms with van der Waals surface area (Å²) in [5.74, 6) is -2.67. The molecule has 1 aromatic heterocycles. The van der Waals surface area contributed by atoms with Crippen LogP contribution >= 0.6 is 11.6 Å². The van der Waals surface area contributed by atoms with Crippen molar-refractivity contribution >= 4 is 35.1 Å². The zero-order valence-electron chi connectivity index (χ0n) is 24.6. The molecule has 4 atom stereocenters. The fourth-order valence-electron chi connectivity index (χ4n) is 5.71. The van der Waals surface area contributed by atoms with E-state index in [9.17, 15) is 9.59 Å². The molecule has 2 aliphatic rings. The number of carbonyl (C=O) groups excluding carboxylic acids is 2. The number of benzene rings is 2. The van der Waals surface area contributed by atoms with Gasteiger partial charge < -0.3 is 19.7 Å². The van der Waals surface area contributed by atoms with Crippen molar-refractivity contribution in [3.05, 3.63) is 76.3 Å².